The topological polar surface area (TPSA) is 82.5 Å². The molecule has 0 radical (unpaired) electrons. The predicted molar refractivity (Wildman–Crippen MR) is 81.3 cm³/mol. The van der Waals surface area contributed by atoms with Crippen LogP contribution in [0.1, 0.15) is 32.9 Å². The maximum atomic E-state index is 12.2. The number of nitrogens with zero attached hydrogens (tertiary/aromatic N) is 2. The lowest BCUT2D eigenvalue weighted by molar-refractivity contribution is -0.136. The Morgan fingerprint density at radius 1 is 1.38 bits per heavy atom. The highest BCUT2D eigenvalue weighted by molar-refractivity contribution is 5.89. The number of pyridine rings is 1. The largest absolute Gasteiger partial charge is 0.481 e. The number of aromatic nitrogens is 1. The maximum Gasteiger partial charge on any atom is 0.321 e. The molecule has 0 fully saturated rings. The normalized spacial score (nSPS) is 11.8. The minimum Gasteiger partial charge on any atom is -0.481 e. The molecule has 0 aliphatic rings. The van der Waals surface area contributed by atoms with Gasteiger partial charge in [0.15, 0.2) is 0 Å². The summed E-state index contributed by atoms with van der Waals surface area (Å²) < 4.78 is 0. The summed E-state index contributed by atoms with van der Waals surface area (Å²) in [6, 6.07) is 3.11. The predicted octanol–water partition coefficient (Wildman–Crippen LogP) is 2.61. The smallest absolute Gasteiger partial charge is 0.321 e. The Bertz CT molecular complexity index is 474. The van der Waals surface area contributed by atoms with Crippen LogP contribution in [-0.4, -0.2) is 40.1 Å². The van der Waals surface area contributed by atoms with Crippen molar-refractivity contribution in [3.05, 3.63) is 24.0 Å². The fraction of sp³-hybridized carbons (Fsp3) is 0.533. The molecule has 6 nitrogen and oxygen atoms in total. The summed E-state index contributed by atoms with van der Waals surface area (Å²) in [4.78, 5) is 28.5. The molecular weight excluding hydrogens is 270 g/mol. The van der Waals surface area contributed by atoms with E-state index in [4.69, 9.17) is 5.11 Å². The van der Waals surface area contributed by atoms with Crippen molar-refractivity contribution in [1.82, 2.24) is 9.88 Å². The first kappa shape index (κ1) is 16.9. The molecule has 0 aromatic carbocycles. The molecule has 116 valence electrons. The van der Waals surface area contributed by atoms with Crippen LogP contribution in [0.2, 0.25) is 0 Å². The van der Waals surface area contributed by atoms with Crippen LogP contribution in [-0.2, 0) is 11.2 Å². The van der Waals surface area contributed by atoms with E-state index in [9.17, 15) is 9.59 Å². The number of urea groups is 1. The van der Waals surface area contributed by atoms with E-state index in [0.717, 1.165) is 6.42 Å². The minimum absolute atomic E-state index is 0.122. The number of anilines is 1. The Labute approximate surface area is 125 Å². The fourth-order valence-corrected chi connectivity index (χ4v) is 1.82. The first-order chi connectivity index (χ1) is 9.96. The summed E-state index contributed by atoms with van der Waals surface area (Å²) in [5.41, 5.74) is 1.03. The van der Waals surface area contributed by atoms with Crippen molar-refractivity contribution in [2.45, 2.75) is 33.6 Å². The third-order valence-electron chi connectivity index (χ3n) is 3.31. The molecule has 0 spiro atoms. The lowest BCUT2D eigenvalue weighted by atomic mass is 10.1. The molecule has 21 heavy (non-hydrogen) atoms. The Balaban J connectivity index is 2.62. The zero-order chi connectivity index (χ0) is 15.8. The van der Waals surface area contributed by atoms with Crippen LogP contribution in [0.25, 0.3) is 0 Å². The van der Waals surface area contributed by atoms with Crippen LogP contribution < -0.4 is 5.32 Å². The van der Waals surface area contributed by atoms with Crippen molar-refractivity contribution in [1.29, 1.82) is 0 Å². The number of carbonyl (C=O) groups is 2. The molecule has 0 bridgehead atoms. The maximum absolute atomic E-state index is 12.2. The quantitative estimate of drug-likeness (QED) is 0.809. The zero-order valence-corrected chi connectivity index (χ0v) is 12.8. The van der Waals surface area contributed by atoms with E-state index in [-0.39, 0.29) is 12.5 Å². The van der Waals surface area contributed by atoms with Crippen LogP contribution in [0.4, 0.5) is 10.5 Å². The number of hydrogen-bond acceptors (Lipinski definition) is 3. The Kier molecular flexibility index (Phi) is 6.65. The van der Waals surface area contributed by atoms with Gasteiger partial charge in [0.2, 0.25) is 0 Å². The Hall–Kier alpha value is -2.11. The van der Waals surface area contributed by atoms with E-state index < -0.39 is 5.97 Å². The van der Waals surface area contributed by atoms with Gasteiger partial charge in [0.1, 0.15) is 0 Å². The van der Waals surface area contributed by atoms with Gasteiger partial charge < -0.3 is 15.3 Å². The Morgan fingerprint density at radius 2 is 2.10 bits per heavy atom. The molecule has 1 unspecified atom stereocenters. The van der Waals surface area contributed by atoms with Crippen LogP contribution in [0.3, 0.4) is 0 Å². The lowest BCUT2D eigenvalue weighted by Crippen LogP contribution is -2.37. The zero-order valence-electron chi connectivity index (χ0n) is 12.8. The number of amides is 2. The van der Waals surface area contributed by atoms with Gasteiger partial charge >= 0.3 is 12.0 Å². The second-order valence-corrected chi connectivity index (χ2v) is 5.09. The molecule has 0 aliphatic carbocycles. The number of carboxylic acid groups (broad SMARTS) is 1. The average molecular weight is 293 g/mol. The van der Waals surface area contributed by atoms with Gasteiger partial charge in [-0.15, -0.1) is 0 Å². The van der Waals surface area contributed by atoms with Gasteiger partial charge in [-0.3, -0.25) is 9.78 Å². The van der Waals surface area contributed by atoms with Crippen molar-refractivity contribution in [2.75, 3.05) is 18.4 Å². The molecule has 1 rings (SSSR count). The second kappa shape index (κ2) is 8.24. The van der Waals surface area contributed by atoms with Crippen LogP contribution in [0, 0.1) is 5.92 Å². The van der Waals surface area contributed by atoms with E-state index in [0.29, 0.717) is 30.4 Å². The molecule has 1 aromatic rings. The van der Waals surface area contributed by atoms with Crippen molar-refractivity contribution in [3.8, 4) is 0 Å². The third kappa shape index (κ3) is 5.81. The second-order valence-electron chi connectivity index (χ2n) is 5.09. The number of carboxylic acids is 1. The summed E-state index contributed by atoms with van der Waals surface area (Å²) in [5.74, 6) is -0.475. The van der Waals surface area contributed by atoms with Gasteiger partial charge in [0.05, 0.1) is 24.0 Å². The third-order valence-corrected chi connectivity index (χ3v) is 3.31. The molecule has 1 aromatic heterocycles. The monoisotopic (exact) mass is 293 g/mol. The summed E-state index contributed by atoms with van der Waals surface area (Å²) in [5, 5.41) is 11.5. The lowest BCUT2D eigenvalue weighted by Gasteiger charge is -2.24. The molecule has 0 saturated heterocycles. The van der Waals surface area contributed by atoms with E-state index in [1.807, 2.05) is 6.92 Å². The number of hydrogen-bond donors (Lipinski definition) is 2. The van der Waals surface area contributed by atoms with E-state index in [1.54, 1.807) is 17.0 Å². The molecular formula is C15H23N3O3. The van der Waals surface area contributed by atoms with Crippen molar-refractivity contribution < 1.29 is 14.7 Å². The summed E-state index contributed by atoms with van der Waals surface area (Å²) in [6.45, 7) is 7.50. The molecule has 2 N–H and O–H groups in total. The number of rotatable bonds is 7. The minimum atomic E-state index is -0.926. The van der Waals surface area contributed by atoms with Gasteiger partial charge in [-0.1, -0.05) is 20.3 Å². The number of carbonyl (C=O) groups excluding carboxylic acids is 1. The van der Waals surface area contributed by atoms with Crippen LogP contribution in [0.5, 0.6) is 0 Å². The molecule has 0 aliphatic heterocycles. The highest BCUT2D eigenvalue weighted by Crippen LogP contribution is 2.10. The standard InChI is InChI=1S/C15H23N3O3/c1-4-11(3)10-18(5-2)15(21)17-13-7-6-12(16-9-13)8-14(19)20/h6-7,9,11H,4-5,8,10H2,1-3H3,(H,17,21)(H,19,20). The molecule has 6 heteroatoms. The van der Waals surface area contributed by atoms with E-state index >= 15 is 0 Å². The molecule has 1 heterocycles. The Morgan fingerprint density at radius 3 is 2.57 bits per heavy atom. The summed E-state index contributed by atoms with van der Waals surface area (Å²) >= 11 is 0. The molecule has 1 atom stereocenters. The molecule has 2 amide bonds. The average Bonchev–Trinajstić information content (AvgIpc) is 2.45. The summed E-state index contributed by atoms with van der Waals surface area (Å²) in [6.07, 6.45) is 2.38. The number of nitrogens with one attached hydrogen (secondary N) is 1. The van der Waals surface area contributed by atoms with Crippen LogP contribution in [0.15, 0.2) is 18.3 Å². The van der Waals surface area contributed by atoms with Gasteiger partial charge in [0, 0.05) is 13.1 Å². The summed E-state index contributed by atoms with van der Waals surface area (Å²) in [7, 11) is 0. The van der Waals surface area contributed by atoms with Crippen LogP contribution >= 0.6 is 0 Å². The molecule has 0 saturated carbocycles. The van der Waals surface area contributed by atoms with Gasteiger partial charge in [-0.05, 0) is 25.0 Å². The van der Waals surface area contributed by atoms with Crippen molar-refractivity contribution >= 4 is 17.7 Å². The van der Waals surface area contributed by atoms with Gasteiger partial charge in [-0.25, -0.2) is 4.79 Å². The first-order valence-electron chi connectivity index (χ1n) is 7.18. The van der Waals surface area contributed by atoms with Gasteiger partial charge in [-0.2, -0.15) is 0 Å². The first-order valence-corrected chi connectivity index (χ1v) is 7.18. The fourth-order valence-electron chi connectivity index (χ4n) is 1.82. The highest BCUT2D eigenvalue weighted by Gasteiger charge is 2.14. The van der Waals surface area contributed by atoms with Crippen molar-refractivity contribution in [2.24, 2.45) is 5.92 Å². The van der Waals surface area contributed by atoms with Gasteiger partial charge in [0.25, 0.3) is 0 Å². The van der Waals surface area contributed by atoms with Crippen molar-refractivity contribution in [3.63, 3.8) is 0 Å². The highest BCUT2D eigenvalue weighted by atomic mass is 16.4. The van der Waals surface area contributed by atoms with E-state index in [1.165, 1.54) is 6.20 Å². The van der Waals surface area contributed by atoms with E-state index in [2.05, 4.69) is 24.1 Å². The SMILES string of the molecule is CCC(C)CN(CC)C(=O)Nc1ccc(CC(=O)O)nc1. The number of aliphatic carboxylic acids is 1.